The third-order valence-electron chi connectivity index (χ3n) is 3.19. The maximum atomic E-state index is 6.26. The van der Waals surface area contributed by atoms with Crippen LogP contribution in [0, 0.1) is 0 Å². The fourth-order valence-electron chi connectivity index (χ4n) is 2.07. The highest BCUT2D eigenvalue weighted by Gasteiger charge is 2.28. The van der Waals surface area contributed by atoms with E-state index in [9.17, 15) is 0 Å². The maximum absolute atomic E-state index is 6.26. The number of hydrogen-bond acceptors (Lipinski definition) is 2. The van der Waals surface area contributed by atoms with E-state index in [4.69, 9.17) is 74.3 Å². The highest BCUT2D eigenvalue weighted by molar-refractivity contribution is 6.66. The molecule has 9 heteroatoms. The quantitative estimate of drug-likeness (QED) is 0.445. The fourth-order valence-corrected chi connectivity index (χ4v) is 2.86. The second-order valence-electron chi connectivity index (χ2n) is 4.90. The van der Waals surface area contributed by atoms with Crippen molar-refractivity contribution >= 4 is 80.6 Å². The van der Waals surface area contributed by atoms with Crippen molar-refractivity contribution in [3.05, 3.63) is 56.8 Å². The van der Waals surface area contributed by atoms with Crippen molar-refractivity contribution in [2.75, 3.05) is 0 Å². The number of nitrogens with zero attached hydrogens (tertiary/aromatic N) is 1. The van der Waals surface area contributed by atoms with Gasteiger partial charge in [0.15, 0.2) is 11.6 Å². The Morgan fingerprint density at radius 3 is 2.33 bits per heavy atom. The molecular weight excluding hydrogens is 437 g/mol. The first-order valence-corrected chi connectivity index (χ1v) is 8.84. The molecule has 0 spiro atoms. The molecule has 126 valence electrons. The van der Waals surface area contributed by atoms with E-state index < -0.39 is 3.79 Å². The van der Waals surface area contributed by atoms with Crippen LogP contribution in [0.4, 0.5) is 0 Å². The van der Waals surface area contributed by atoms with E-state index >= 15 is 0 Å². The molecule has 0 saturated heterocycles. The summed E-state index contributed by atoms with van der Waals surface area (Å²) < 4.78 is 4.11. The van der Waals surface area contributed by atoms with Crippen LogP contribution in [0.5, 0.6) is 5.75 Å². The van der Waals surface area contributed by atoms with Gasteiger partial charge in [-0.1, -0.05) is 81.7 Å². The molecule has 3 rings (SSSR count). The Balaban J connectivity index is 2.00. The first-order chi connectivity index (χ1) is 11.3. The zero-order chi connectivity index (χ0) is 17.5. The van der Waals surface area contributed by atoms with Crippen LogP contribution in [0.3, 0.4) is 0 Å². The molecule has 0 bridgehead atoms. The van der Waals surface area contributed by atoms with Crippen molar-refractivity contribution in [1.29, 1.82) is 0 Å². The van der Waals surface area contributed by atoms with Gasteiger partial charge in [-0.15, -0.1) is 0 Å². The minimum absolute atomic E-state index is 0.150. The van der Waals surface area contributed by atoms with E-state index in [1.165, 1.54) is 0 Å². The minimum atomic E-state index is -1.70. The molecule has 3 nitrogen and oxygen atoms in total. The summed E-state index contributed by atoms with van der Waals surface area (Å²) in [7, 11) is 0. The van der Waals surface area contributed by atoms with Crippen molar-refractivity contribution in [2.24, 2.45) is 0 Å². The molecule has 0 aliphatic rings. The predicted molar refractivity (Wildman–Crippen MR) is 101 cm³/mol. The van der Waals surface area contributed by atoms with Crippen molar-refractivity contribution < 1.29 is 4.74 Å². The van der Waals surface area contributed by atoms with Crippen LogP contribution in [-0.2, 0) is 10.4 Å². The van der Waals surface area contributed by atoms with Gasteiger partial charge in [-0.05, 0) is 23.8 Å². The summed E-state index contributed by atoms with van der Waals surface area (Å²) in [4.78, 5) is 7.17. The Morgan fingerprint density at radius 1 is 1.04 bits per heavy atom. The van der Waals surface area contributed by atoms with E-state index in [-0.39, 0.29) is 17.5 Å². The lowest BCUT2D eigenvalue weighted by Crippen LogP contribution is -2.02. The standard InChI is InChI=1S/C15H8Cl6N2O/c16-8-3-1-7(2-4-8)6-24-13-11(18)9(17)5-10-12(13)23-14(22-10)15(19,20)21/h1-5H,6H2,(H,22,23). The Morgan fingerprint density at radius 2 is 1.71 bits per heavy atom. The van der Waals surface area contributed by atoms with Gasteiger partial charge >= 0.3 is 0 Å². The average molecular weight is 445 g/mol. The van der Waals surface area contributed by atoms with Crippen LogP contribution >= 0.6 is 69.6 Å². The van der Waals surface area contributed by atoms with Crippen LogP contribution in [0.1, 0.15) is 11.4 Å². The third kappa shape index (κ3) is 3.82. The number of imidazole rings is 1. The molecule has 1 N–H and O–H groups in total. The van der Waals surface area contributed by atoms with Gasteiger partial charge in [-0.2, -0.15) is 0 Å². The summed E-state index contributed by atoms with van der Waals surface area (Å²) >= 11 is 35.9. The highest BCUT2D eigenvalue weighted by atomic mass is 35.6. The Kier molecular flexibility index (Phi) is 5.31. The lowest BCUT2D eigenvalue weighted by Gasteiger charge is -2.10. The Labute approximate surface area is 167 Å². The number of benzene rings is 2. The first kappa shape index (κ1) is 18.2. The number of aromatic amines is 1. The van der Waals surface area contributed by atoms with Gasteiger partial charge in [0.2, 0.25) is 3.79 Å². The van der Waals surface area contributed by atoms with Gasteiger partial charge in [0, 0.05) is 5.02 Å². The number of nitrogens with one attached hydrogen (secondary N) is 1. The Bertz CT molecular complexity index is 886. The molecule has 0 amide bonds. The molecule has 0 aliphatic carbocycles. The predicted octanol–water partition coefficient (Wildman–Crippen LogP) is 6.93. The summed E-state index contributed by atoms with van der Waals surface area (Å²) in [6, 6.07) is 8.82. The zero-order valence-corrected chi connectivity index (χ0v) is 16.3. The minimum Gasteiger partial charge on any atom is -0.485 e. The molecule has 0 unspecified atom stereocenters. The topological polar surface area (TPSA) is 37.9 Å². The van der Waals surface area contributed by atoms with Crippen LogP contribution in [0.15, 0.2) is 30.3 Å². The van der Waals surface area contributed by atoms with Gasteiger partial charge < -0.3 is 9.72 Å². The van der Waals surface area contributed by atoms with Crippen molar-refractivity contribution in [1.82, 2.24) is 9.97 Å². The lowest BCUT2D eigenvalue weighted by molar-refractivity contribution is 0.309. The Hall–Kier alpha value is -0.550. The summed E-state index contributed by atoms with van der Waals surface area (Å²) in [5.74, 6) is 0.461. The number of H-pyrrole nitrogens is 1. The molecule has 2 aromatic carbocycles. The van der Waals surface area contributed by atoms with Crippen LogP contribution < -0.4 is 4.74 Å². The maximum Gasteiger partial charge on any atom is 0.248 e. The summed E-state index contributed by atoms with van der Waals surface area (Å²) in [5.41, 5.74) is 1.89. The van der Waals surface area contributed by atoms with Gasteiger partial charge in [0.1, 0.15) is 17.1 Å². The number of rotatable bonds is 3. The van der Waals surface area contributed by atoms with E-state index in [0.29, 0.717) is 26.8 Å². The smallest absolute Gasteiger partial charge is 0.248 e. The summed E-state index contributed by atoms with van der Waals surface area (Å²) in [5, 5.41) is 1.18. The van der Waals surface area contributed by atoms with Gasteiger partial charge in [0.25, 0.3) is 0 Å². The molecule has 0 aliphatic heterocycles. The monoisotopic (exact) mass is 442 g/mol. The van der Waals surface area contributed by atoms with Gasteiger partial charge in [-0.3, -0.25) is 0 Å². The van der Waals surface area contributed by atoms with Crippen LogP contribution in [-0.4, -0.2) is 9.97 Å². The number of fused-ring (bicyclic) bond motifs is 1. The van der Waals surface area contributed by atoms with Crippen molar-refractivity contribution in [3.63, 3.8) is 0 Å². The average Bonchev–Trinajstić information content (AvgIpc) is 2.93. The first-order valence-electron chi connectivity index (χ1n) is 6.58. The molecule has 1 aromatic heterocycles. The number of hydrogen-bond donors (Lipinski definition) is 1. The zero-order valence-electron chi connectivity index (χ0n) is 11.7. The molecule has 1 heterocycles. The second-order valence-corrected chi connectivity index (χ2v) is 8.40. The van der Waals surface area contributed by atoms with Crippen molar-refractivity contribution in [3.8, 4) is 5.75 Å². The largest absolute Gasteiger partial charge is 0.485 e. The van der Waals surface area contributed by atoms with Crippen molar-refractivity contribution in [2.45, 2.75) is 10.4 Å². The fraction of sp³-hybridized carbons (Fsp3) is 0.133. The molecule has 0 saturated carbocycles. The van der Waals surface area contributed by atoms with E-state index in [0.717, 1.165) is 5.56 Å². The molecule has 24 heavy (non-hydrogen) atoms. The summed E-state index contributed by atoms with van der Waals surface area (Å²) in [6.07, 6.45) is 0. The number of aromatic nitrogens is 2. The van der Waals surface area contributed by atoms with Gasteiger partial charge in [-0.25, -0.2) is 4.98 Å². The molecule has 0 fully saturated rings. The number of ether oxygens (including phenoxy) is 1. The SMILES string of the molecule is Clc1ccc(COc2c(Cl)c(Cl)cc3[nH]c(C(Cl)(Cl)Cl)nc23)cc1. The van der Waals surface area contributed by atoms with E-state index in [1.54, 1.807) is 18.2 Å². The third-order valence-corrected chi connectivity index (χ3v) is 4.75. The normalized spacial score (nSPS) is 11.9. The summed E-state index contributed by atoms with van der Waals surface area (Å²) in [6.45, 7) is 0.252. The molecule has 0 radical (unpaired) electrons. The van der Waals surface area contributed by atoms with E-state index in [1.807, 2.05) is 12.1 Å². The number of halogens is 6. The van der Waals surface area contributed by atoms with E-state index in [2.05, 4.69) is 9.97 Å². The lowest BCUT2D eigenvalue weighted by atomic mass is 10.2. The molecular formula is C15H8Cl6N2O. The van der Waals surface area contributed by atoms with Crippen LogP contribution in [0.2, 0.25) is 15.1 Å². The number of alkyl halides is 3. The van der Waals surface area contributed by atoms with Gasteiger partial charge in [0.05, 0.1) is 10.5 Å². The molecule has 0 atom stereocenters. The highest BCUT2D eigenvalue weighted by Crippen LogP contribution is 2.42. The van der Waals surface area contributed by atoms with Crippen LogP contribution in [0.25, 0.3) is 11.0 Å². The molecule has 3 aromatic rings. The second kappa shape index (κ2) is 6.99.